The lowest BCUT2D eigenvalue weighted by molar-refractivity contribution is -0.117. The molecule has 0 spiro atoms. The number of amides is 1. The Kier molecular flexibility index (Phi) is 21.3. The molecule has 78 heavy (non-hydrogen) atoms. The van der Waals surface area contributed by atoms with Crippen molar-refractivity contribution in [3.8, 4) is 0 Å². The van der Waals surface area contributed by atoms with Crippen LogP contribution in [0.1, 0.15) is 203 Å². The largest absolute Gasteiger partial charge is 0.390 e. The average Bonchev–Trinajstić information content (AvgIpc) is 4.05. The Morgan fingerprint density at radius 1 is 0.603 bits per heavy atom. The summed E-state index contributed by atoms with van der Waals surface area (Å²) in [6.45, 7) is 36.3. The Morgan fingerprint density at radius 3 is 1.49 bits per heavy atom. The van der Waals surface area contributed by atoms with Crippen LogP contribution in [0.15, 0.2) is 87.5 Å². The van der Waals surface area contributed by atoms with Gasteiger partial charge in [0.1, 0.15) is 0 Å². The number of aliphatic hydroxyl groups is 2. The third-order valence-corrected chi connectivity index (χ3v) is 18.1. The van der Waals surface area contributed by atoms with E-state index in [4.69, 9.17) is 0 Å². The molecule has 5 aromatic rings. The highest BCUT2D eigenvalue weighted by atomic mass is 79.9. The van der Waals surface area contributed by atoms with Gasteiger partial charge in [-0.05, 0) is 187 Å². The van der Waals surface area contributed by atoms with Crippen molar-refractivity contribution in [2.45, 2.75) is 241 Å². The number of aliphatic hydroxyl groups excluding tert-OH is 1. The van der Waals surface area contributed by atoms with Gasteiger partial charge in [0.2, 0.25) is 5.91 Å². The highest BCUT2D eigenvalue weighted by Gasteiger charge is 2.39. The second-order valence-electron chi connectivity index (χ2n) is 26.8. The van der Waals surface area contributed by atoms with Crippen LogP contribution in [0.3, 0.4) is 0 Å². The minimum Gasteiger partial charge on any atom is -0.390 e. The maximum atomic E-state index is 13.0. The van der Waals surface area contributed by atoms with E-state index in [9.17, 15) is 24.6 Å². The predicted octanol–water partition coefficient (Wildman–Crippen LogP) is 15.1. The Hall–Kier alpha value is -4.45. The van der Waals surface area contributed by atoms with Crippen LogP contribution in [0.25, 0.3) is 22.1 Å². The van der Waals surface area contributed by atoms with Gasteiger partial charge in [-0.25, -0.2) is 9.59 Å². The van der Waals surface area contributed by atoms with E-state index in [1.807, 2.05) is 23.2 Å². The molecule has 4 aliphatic heterocycles. The molecule has 10 nitrogen and oxygen atoms in total. The van der Waals surface area contributed by atoms with Crippen molar-refractivity contribution in [3.63, 3.8) is 0 Å². The van der Waals surface area contributed by atoms with E-state index in [2.05, 4.69) is 173 Å². The number of hydrogen-bond donors (Lipinski definition) is 2. The van der Waals surface area contributed by atoms with Crippen molar-refractivity contribution in [3.05, 3.63) is 121 Å². The van der Waals surface area contributed by atoms with Crippen molar-refractivity contribution >= 4 is 49.6 Å². The Morgan fingerprint density at radius 2 is 1.03 bits per heavy atom. The Balaban J connectivity index is 0.000000178. The van der Waals surface area contributed by atoms with Crippen LogP contribution in [0.2, 0.25) is 0 Å². The number of aryl methyl sites for hydroxylation is 4. The van der Waals surface area contributed by atoms with Crippen molar-refractivity contribution in [1.82, 2.24) is 18.3 Å². The second kappa shape index (κ2) is 26.4. The van der Waals surface area contributed by atoms with Crippen LogP contribution in [0.4, 0.5) is 5.69 Å². The van der Waals surface area contributed by atoms with Gasteiger partial charge in [-0.1, -0.05) is 144 Å². The zero-order valence-electron chi connectivity index (χ0n) is 50.8. The molecule has 2 aromatic heterocycles. The monoisotopic (exact) mass is 1130 g/mol. The van der Waals surface area contributed by atoms with Gasteiger partial charge in [-0.15, -0.1) is 0 Å². The van der Waals surface area contributed by atoms with Gasteiger partial charge in [0, 0.05) is 38.1 Å². The number of halogens is 1. The number of aromatic nitrogens is 4. The summed E-state index contributed by atoms with van der Waals surface area (Å²) < 4.78 is 7.88. The van der Waals surface area contributed by atoms with E-state index < -0.39 is 11.7 Å². The maximum absolute atomic E-state index is 13.0. The first-order valence-electron chi connectivity index (χ1n) is 29.7. The molecule has 11 heteroatoms. The van der Waals surface area contributed by atoms with Crippen LogP contribution in [-0.4, -0.2) is 58.0 Å². The Bertz CT molecular complexity index is 3020. The minimum atomic E-state index is -1.07. The summed E-state index contributed by atoms with van der Waals surface area (Å²) in [7, 11) is 0. The van der Waals surface area contributed by atoms with Gasteiger partial charge in [0.15, 0.2) is 0 Å². The summed E-state index contributed by atoms with van der Waals surface area (Å²) in [6, 6.07) is 19.0. The van der Waals surface area contributed by atoms with Gasteiger partial charge in [-0.2, -0.15) is 0 Å². The molecule has 1 unspecified atom stereocenters. The maximum Gasteiger partial charge on any atom is 0.329 e. The number of para-hydroxylation sites is 3. The first kappa shape index (κ1) is 62.7. The molecule has 0 fully saturated rings. The third kappa shape index (κ3) is 15.1. The molecule has 4 aliphatic rings. The molecule has 1 amide bonds. The summed E-state index contributed by atoms with van der Waals surface area (Å²) in [4.78, 5) is 39.7. The van der Waals surface area contributed by atoms with Gasteiger partial charge in [-0.3, -0.25) is 23.1 Å². The first-order valence-corrected chi connectivity index (χ1v) is 30.8. The molecule has 0 bridgehead atoms. The summed E-state index contributed by atoms with van der Waals surface area (Å²) in [5, 5.41) is 21.0. The van der Waals surface area contributed by atoms with E-state index in [0.29, 0.717) is 31.2 Å². The number of alkyl halides is 1. The van der Waals surface area contributed by atoms with E-state index in [1.165, 1.54) is 70.3 Å². The van der Waals surface area contributed by atoms with Crippen molar-refractivity contribution in [2.75, 3.05) is 16.8 Å². The van der Waals surface area contributed by atoms with Crippen LogP contribution >= 0.6 is 15.9 Å². The summed E-state index contributed by atoms with van der Waals surface area (Å²) >= 11 is 3.46. The number of rotatable bonds is 18. The smallest absolute Gasteiger partial charge is 0.329 e. The van der Waals surface area contributed by atoms with E-state index in [-0.39, 0.29) is 33.5 Å². The van der Waals surface area contributed by atoms with Crippen molar-refractivity contribution in [2.24, 2.45) is 17.8 Å². The average molecular weight is 1140 g/mol. The molecule has 2 N–H and O–H groups in total. The topological polar surface area (TPSA) is 115 Å². The summed E-state index contributed by atoms with van der Waals surface area (Å²) in [5.41, 5.74) is 13.3. The van der Waals surface area contributed by atoms with Crippen molar-refractivity contribution < 1.29 is 15.0 Å². The molecular weight excluding hydrogens is 1030 g/mol. The summed E-state index contributed by atoms with van der Waals surface area (Å²) in [6.07, 6.45) is 17.1. The molecule has 0 aliphatic carbocycles. The molecule has 430 valence electrons. The van der Waals surface area contributed by atoms with Crippen LogP contribution in [-0.2, 0) is 53.6 Å². The van der Waals surface area contributed by atoms with Crippen molar-refractivity contribution in [1.29, 1.82) is 0 Å². The van der Waals surface area contributed by atoms with Gasteiger partial charge < -0.3 is 15.1 Å². The van der Waals surface area contributed by atoms with Gasteiger partial charge in [0.25, 0.3) is 0 Å². The SMILES string of the molecule is CC(C)=CCC[C@@H](C)CCBr.CC(C)=CCC[C@@H](C)CCn1c(=O)n2c3c(cccc31)C(C)(C)CC2.CC1(C)CCN2C(=O)Cc3cccc1c32.C[C@H](CCC(O)C(C)(C)O)CCn1c(=O)n2c3c(cccc31)C(C)(C)CC2. The molecular formula is C67H100BrN5O5. The van der Waals surface area contributed by atoms with Crippen LogP contribution in [0, 0.1) is 17.8 Å². The lowest BCUT2D eigenvalue weighted by atomic mass is 9.77. The third-order valence-electron chi connectivity index (χ3n) is 17.6. The molecule has 0 saturated heterocycles. The lowest BCUT2D eigenvalue weighted by Gasteiger charge is -2.37. The van der Waals surface area contributed by atoms with E-state index in [1.54, 1.807) is 13.8 Å². The molecule has 3 aromatic carbocycles. The predicted molar refractivity (Wildman–Crippen MR) is 332 cm³/mol. The quantitative estimate of drug-likeness (QED) is 0.0670. The van der Waals surface area contributed by atoms with Crippen LogP contribution in [0.5, 0.6) is 0 Å². The molecule has 9 rings (SSSR count). The van der Waals surface area contributed by atoms with Crippen LogP contribution < -0.4 is 16.3 Å². The lowest BCUT2D eigenvalue weighted by Crippen LogP contribution is -2.38. The van der Waals surface area contributed by atoms with E-state index >= 15 is 0 Å². The molecule has 6 heterocycles. The fourth-order valence-electron chi connectivity index (χ4n) is 11.9. The number of carbonyl (C=O) groups is 1. The number of hydrogen-bond acceptors (Lipinski definition) is 5. The molecule has 4 atom stereocenters. The fourth-order valence-corrected chi connectivity index (χ4v) is 12.7. The van der Waals surface area contributed by atoms with E-state index in [0.717, 1.165) is 98.9 Å². The number of nitrogens with zero attached hydrogens (tertiary/aromatic N) is 5. The zero-order chi connectivity index (χ0) is 57.5. The minimum absolute atomic E-state index is 0.0941. The highest BCUT2D eigenvalue weighted by molar-refractivity contribution is 9.09. The Labute approximate surface area is 477 Å². The number of allylic oxidation sites excluding steroid dienone is 4. The highest BCUT2D eigenvalue weighted by Crippen LogP contribution is 2.45. The standard InChI is InChI=1S/C22H34N2O3.C22H32N2O.C13H15NO.C10H19Br/c1-15(9-10-18(25)22(4,5)27)11-13-23-17-8-6-7-16-19(17)24(20(23)26)14-12-21(16,2)3;1-16(2)8-6-9-17(3)12-14-23-19-11-7-10-18-20(19)24(21(23)25)15-13-22(18,4)5;1-13(2)6-7-14-11(15)8-9-4-3-5-10(13)12(9)14;1-9(2)5-4-6-10(3)7-8-11/h6-8,15,18,25,27H,9-14H2,1-5H3;7-8,10-11,17H,6,9,12-15H2,1-5H3;3-5H,6-8H2,1-2H3;5,10H,4,6-8H2,1-3H3/t15-,18?;17-;;10-/m11.1/s1. The summed E-state index contributed by atoms with van der Waals surface area (Å²) in [5.74, 6) is 2.14. The normalized spacial score (nSPS) is 17.8. The number of anilines is 1. The second-order valence-corrected chi connectivity index (χ2v) is 27.6. The molecule has 0 saturated carbocycles. The molecule has 0 radical (unpaired) electrons. The number of carbonyl (C=O) groups excluding carboxylic acids is 1. The number of imidazole rings is 2. The first-order chi connectivity index (χ1) is 36.6. The number of benzene rings is 3. The van der Waals surface area contributed by atoms with Gasteiger partial charge >= 0.3 is 11.4 Å². The zero-order valence-corrected chi connectivity index (χ0v) is 52.4. The fraction of sp³-hybridized carbons (Fsp3) is 0.627. The van der Waals surface area contributed by atoms with Gasteiger partial charge in [0.05, 0.1) is 45.9 Å².